The Morgan fingerprint density at radius 3 is 2.81 bits per heavy atom. The maximum absolute atomic E-state index is 12.9. The molecular formula is C21H25FN2O2S. The van der Waals surface area contributed by atoms with E-state index in [9.17, 15) is 9.18 Å². The molecule has 1 aromatic carbocycles. The van der Waals surface area contributed by atoms with Crippen LogP contribution in [0.3, 0.4) is 0 Å². The Kier molecular flexibility index (Phi) is 5.72. The van der Waals surface area contributed by atoms with Crippen LogP contribution in [0.5, 0.6) is 5.75 Å². The van der Waals surface area contributed by atoms with Crippen LogP contribution in [0.2, 0.25) is 0 Å². The Hall–Kier alpha value is -1.95. The second-order valence-electron chi connectivity index (χ2n) is 7.49. The first-order chi connectivity index (χ1) is 13.2. The van der Waals surface area contributed by atoms with Crippen LogP contribution < -0.4 is 4.74 Å². The van der Waals surface area contributed by atoms with Gasteiger partial charge in [-0.1, -0.05) is 12.8 Å². The largest absolute Gasteiger partial charge is 0.486 e. The first-order valence-corrected chi connectivity index (χ1v) is 10.7. The van der Waals surface area contributed by atoms with Crippen molar-refractivity contribution in [1.29, 1.82) is 0 Å². The number of aromatic nitrogens is 1. The Balaban J connectivity index is 1.33. The number of likely N-dealkylation sites (tertiary alicyclic amines) is 1. The first-order valence-electron chi connectivity index (χ1n) is 9.80. The number of hydrogen-bond acceptors (Lipinski definition) is 4. The molecule has 0 bridgehead atoms. The lowest BCUT2D eigenvalue weighted by Crippen LogP contribution is -2.50. The van der Waals surface area contributed by atoms with Crippen molar-refractivity contribution in [2.24, 2.45) is 5.92 Å². The lowest BCUT2D eigenvalue weighted by atomic mass is 9.78. The highest BCUT2D eigenvalue weighted by molar-refractivity contribution is 7.09. The zero-order chi connectivity index (χ0) is 18.6. The number of benzene rings is 1. The van der Waals surface area contributed by atoms with E-state index in [4.69, 9.17) is 4.74 Å². The van der Waals surface area contributed by atoms with Gasteiger partial charge < -0.3 is 9.64 Å². The number of carbonyl (C=O) groups is 1. The predicted molar refractivity (Wildman–Crippen MR) is 103 cm³/mol. The molecule has 1 saturated heterocycles. The molecule has 2 heterocycles. The van der Waals surface area contributed by atoms with Crippen LogP contribution in [-0.2, 0) is 17.8 Å². The molecule has 2 aliphatic rings. The third-order valence-corrected chi connectivity index (χ3v) is 6.54. The fraction of sp³-hybridized carbons (Fsp3) is 0.524. The fourth-order valence-corrected chi connectivity index (χ4v) is 5.07. The summed E-state index contributed by atoms with van der Waals surface area (Å²) in [5, 5.41) is 2.78. The minimum atomic E-state index is -0.282. The molecule has 1 amide bonds. The van der Waals surface area contributed by atoms with Crippen LogP contribution in [0.4, 0.5) is 4.39 Å². The van der Waals surface area contributed by atoms with E-state index in [1.54, 1.807) is 12.1 Å². The second-order valence-corrected chi connectivity index (χ2v) is 8.44. The van der Waals surface area contributed by atoms with Gasteiger partial charge in [-0.05, 0) is 55.9 Å². The molecule has 144 valence electrons. The third-order valence-electron chi connectivity index (χ3n) is 5.67. The number of piperidine rings is 1. The van der Waals surface area contributed by atoms with E-state index in [0.29, 0.717) is 30.7 Å². The number of amides is 1. The molecule has 4 rings (SSSR count). The normalized spacial score (nSPS) is 22.3. The summed E-state index contributed by atoms with van der Waals surface area (Å²) in [5.74, 6) is 1.24. The standard InChI is InChI=1S/C21H25FN2O2S/c22-16-7-9-18(10-8-16)26-13-20-23-17(14-27-20)12-21(25)24-11-3-5-15-4-1-2-6-19(15)24/h7-10,14-15,19H,1-6,11-13H2. The minimum Gasteiger partial charge on any atom is -0.486 e. The van der Waals surface area contributed by atoms with Gasteiger partial charge in [0.1, 0.15) is 23.2 Å². The molecule has 27 heavy (non-hydrogen) atoms. The van der Waals surface area contributed by atoms with Crippen molar-refractivity contribution in [1.82, 2.24) is 9.88 Å². The van der Waals surface area contributed by atoms with Crippen molar-refractivity contribution in [2.75, 3.05) is 6.54 Å². The number of thiazole rings is 1. The Morgan fingerprint density at radius 2 is 1.96 bits per heavy atom. The lowest BCUT2D eigenvalue weighted by molar-refractivity contribution is -0.136. The maximum atomic E-state index is 12.9. The van der Waals surface area contributed by atoms with Crippen LogP contribution in [0.1, 0.15) is 49.2 Å². The summed E-state index contributed by atoms with van der Waals surface area (Å²) in [6, 6.07) is 6.39. The van der Waals surface area contributed by atoms with E-state index in [1.165, 1.54) is 49.2 Å². The predicted octanol–water partition coefficient (Wildman–Crippen LogP) is 4.58. The van der Waals surface area contributed by atoms with Crippen LogP contribution in [0, 0.1) is 11.7 Å². The van der Waals surface area contributed by atoms with Gasteiger partial charge in [0.25, 0.3) is 0 Å². The number of rotatable bonds is 5. The number of hydrogen-bond donors (Lipinski definition) is 0. The van der Waals surface area contributed by atoms with Gasteiger partial charge in [0.05, 0.1) is 12.1 Å². The smallest absolute Gasteiger partial charge is 0.228 e. The van der Waals surface area contributed by atoms with Crippen molar-refractivity contribution in [3.63, 3.8) is 0 Å². The zero-order valence-corrected chi connectivity index (χ0v) is 16.2. The highest BCUT2D eigenvalue weighted by atomic mass is 32.1. The van der Waals surface area contributed by atoms with Crippen LogP contribution in [0.15, 0.2) is 29.6 Å². The van der Waals surface area contributed by atoms with Crippen molar-refractivity contribution >= 4 is 17.2 Å². The fourth-order valence-electron chi connectivity index (χ4n) is 4.36. The molecule has 1 aliphatic heterocycles. The Labute approximate surface area is 163 Å². The second kappa shape index (κ2) is 8.38. The molecule has 0 N–H and O–H groups in total. The minimum absolute atomic E-state index is 0.211. The lowest BCUT2D eigenvalue weighted by Gasteiger charge is -2.44. The molecule has 2 aromatic rings. The van der Waals surface area contributed by atoms with Gasteiger partial charge in [0.15, 0.2) is 0 Å². The number of ether oxygens (including phenoxy) is 1. The monoisotopic (exact) mass is 388 g/mol. The van der Waals surface area contributed by atoms with E-state index in [0.717, 1.165) is 30.1 Å². The van der Waals surface area contributed by atoms with E-state index >= 15 is 0 Å². The molecule has 0 spiro atoms. The van der Waals surface area contributed by atoms with Gasteiger partial charge in [0, 0.05) is 18.0 Å². The van der Waals surface area contributed by atoms with Crippen LogP contribution in [-0.4, -0.2) is 28.4 Å². The van der Waals surface area contributed by atoms with E-state index < -0.39 is 0 Å². The molecule has 0 radical (unpaired) electrons. The molecule has 1 aromatic heterocycles. The summed E-state index contributed by atoms with van der Waals surface area (Å²) in [6.45, 7) is 1.23. The number of fused-ring (bicyclic) bond motifs is 1. The van der Waals surface area contributed by atoms with Crippen molar-refractivity contribution in [3.8, 4) is 5.75 Å². The summed E-state index contributed by atoms with van der Waals surface area (Å²) < 4.78 is 18.6. The summed E-state index contributed by atoms with van der Waals surface area (Å²) in [5.41, 5.74) is 0.820. The zero-order valence-electron chi connectivity index (χ0n) is 15.4. The molecule has 1 aliphatic carbocycles. The highest BCUT2D eigenvalue weighted by Crippen LogP contribution is 2.35. The van der Waals surface area contributed by atoms with Gasteiger partial charge in [-0.25, -0.2) is 9.37 Å². The summed E-state index contributed by atoms with van der Waals surface area (Å²) >= 11 is 1.50. The van der Waals surface area contributed by atoms with Gasteiger partial charge >= 0.3 is 0 Å². The number of nitrogens with zero attached hydrogens (tertiary/aromatic N) is 2. The van der Waals surface area contributed by atoms with E-state index in [1.807, 2.05) is 5.38 Å². The maximum Gasteiger partial charge on any atom is 0.228 e. The summed E-state index contributed by atoms with van der Waals surface area (Å²) in [4.78, 5) is 19.5. The topological polar surface area (TPSA) is 42.4 Å². The number of halogens is 1. The number of carbonyl (C=O) groups excluding carboxylic acids is 1. The molecule has 1 saturated carbocycles. The average Bonchev–Trinajstić information content (AvgIpc) is 3.14. The molecule has 2 atom stereocenters. The van der Waals surface area contributed by atoms with Gasteiger partial charge in [0.2, 0.25) is 5.91 Å². The van der Waals surface area contributed by atoms with Gasteiger partial charge in [-0.15, -0.1) is 11.3 Å². The van der Waals surface area contributed by atoms with E-state index in [-0.39, 0.29) is 11.7 Å². The summed E-state index contributed by atoms with van der Waals surface area (Å²) in [7, 11) is 0. The van der Waals surface area contributed by atoms with Crippen molar-refractivity contribution in [3.05, 3.63) is 46.2 Å². The molecule has 2 unspecified atom stereocenters. The van der Waals surface area contributed by atoms with Crippen LogP contribution >= 0.6 is 11.3 Å². The highest BCUT2D eigenvalue weighted by Gasteiger charge is 2.35. The molecule has 6 heteroatoms. The summed E-state index contributed by atoms with van der Waals surface area (Å²) in [6.07, 6.45) is 7.76. The molecule has 4 nitrogen and oxygen atoms in total. The van der Waals surface area contributed by atoms with Gasteiger partial charge in [-0.2, -0.15) is 0 Å². The first kappa shape index (κ1) is 18.4. The Bertz CT molecular complexity index is 775. The SMILES string of the molecule is O=C(Cc1csc(COc2ccc(F)cc2)n1)N1CCCC2CCCCC21. The van der Waals surface area contributed by atoms with Crippen LogP contribution in [0.25, 0.3) is 0 Å². The van der Waals surface area contributed by atoms with Gasteiger partial charge in [-0.3, -0.25) is 4.79 Å². The van der Waals surface area contributed by atoms with Crippen molar-refractivity contribution in [2.45, 2.75) is 57.6 Å². The third kappa shape index (κ3) is 4.49. The molecule has 2 fully saturated rings. The molecular weight excluding hydrogens is 363 g/mol. The van der Waals surface area contributed by atoms with E-state index in [2.05, 4.69) is 9.88 Å². The quantitative estimate of drug-likeness (QED) is 0.753. The Morgan fingerprint density at radius 1 is 1.19 bits per heavy atom. The average molecular weight is 389 g/mol. The van der Waals surface area contributed by atoms with Crippen molar-refractivity contribution < 1.29 is 13.9 Å².